The summed E-state index contributed by atoms with van der Waals surface area (Å²) in [5, 5.41) is 18.2. The van der Waals surface area contributed by atoms with Gasteiger partial charge >= 0.3 is 5.97 Å². The van der Waals surface area contributed by atoms with Gasteiger partial charge in [-0.2, -0.15) is 9.98 Å². The summed E-state index contributed by atoms with van der Waals surface area (Å²) in [5.41, 5.74) is -0.846. The van der Waals surface area contributed by atoms with Crippen LogP contribution in [0.5, 0.6) is 0 Å². The predicted octanol–water partition coefficient (Wildman–Crippen LogP) is 1.82. The first kappa shape index (κ1) is 16.5. The average Bonchev–Trinajstić information content (AvgIpc) is 2.48. The van der Waals surface area contributed by atoms with Crippen molar-refractivity contribution in [3.8, 4) is 6.07 Å². The zero-order valence-electron chi connectivity index (χ0n) is 12.1. The fourth-order valence-electron chi connectivity index (χ4n) is 2.74. The van der Waals surface area contributed by atoms with Crippen molar-refractivity contribution in [3.05, 3.63) is 29.8 Å². The first-order valence-electron chi connectivity index (χ1n) is 7.13. The Balaban J connectivity index is 2.32. The van der Waals surface area contributed by atoms with Gasteiger partial charge in [0.25, 0.3) is 0 Å². The molecule has 2 rings (SSSR count). The van der Waals surface area contributed by atoms with Crippen LogP contribution >= 0.6 is 0 Å². The number of nitrogens with zero attached hydrogens (tertiary/aromatic N) is 1. The lowest BCUT2D eigenvalue weighted by Crippen LogP contribution is -2.55. The highest BCUT2D eigenvalue weighted by Gasteiger charge is 2.43. The van der Waals surface area contributed by atoms with Crippen LogP contribution in [0.2, 0.25) is 0 Å². The monoisotopic (exact) mass is 322 g/mol. The van der Waals surface area contributed by atoms with Gasteiger partial charge in [0.15, 0.2) is 0 Å². The van der Waals surface area contributed by atoms with Crippen LogP contribution in [0.25, 0.3) is 0 Å². The molecule has 0 amide bonds. The van der Waals surface area contributed by atoms with Crippen molar-refractivity contribution < 1.29 is 18.3 Å². The Kier molecular flexibility index (Phi) is 4.84. The molecule has 0 aliphatic heterocycles. The lowest BCUT2D eigenvalue weighted by atomic mass is 9.83. The lowest BCUT2D eigenvalue weighted by Gasteiger charge is -2.33. The van der Waals surface area contributed by atoms with E-state index in [9.17, 15) is 18.3 Å². The Bertz CT molecular complexity index is 700. The lowest BCUT2D eigenvalue weighted by molar-refractivity contribution is -0.145. The van der Waals surface area contributed by atoms with E-state index in [0.717, 1.165) is 6.42 Å². The van der Waals surface area contributed by atoms with Gasteiger partial charge in [0.2, 0.25) is 10.0 Å². The summed E-state index contributed by atoms with van der Waals surface area (Å²) in [6.07, 6.45) is 2.97. The summed E-state index contributed by atoms with van der Waals surface area (Å²) in [4.78, 5) is 11.6. The molecule has 0 atom stereocenters. The maximum absolute atomic E-state index is 12.5. The highest BCUT2D eigenvalue weighted by molar-refractivity contribution is 7.89. The Morgan fingerprint density at radius 1 is 1.32 bits per heavy atom. The maximum atomic E-state index is 12.5. The van der Waals surface area contributed by atoms with E-state index < -0.39 is 21.5 Å². The van der Waals surface area contributed by atoms with Gasteiger partial charge in [0.1, 0.15) is 5.54 Å². The molecule has 2 N–H and O–H groups in total. The fourth-order valence-corrected chi connectivity index (χ4v) is 4.23. The first-order valence-corrected chi connectivity index (χ1v) is 8.61. The van der Waals surface area contributed by atoms with Crippen LogP contribution in [0.4, 0.5) is 0 Å². The molecule has 1 fully saturated rings. The first-order chi connectivity index (χ1) is 10.4. The molecule has 0 saturated heterocycles. The molecule has 1 aliphatic rings. The van der Waals surface area contributed by atoms with E-state index in [4.69, 9.17) is 5.26 Å². The molecule has 0 aromatic heterocycles. The number of benzene rings is 1. The Morgan fingerprint density at radius 3 is 2.59 bits per heavy atom. The highest BCUT2D eigenvalue weighted by atomic mass is 32.2. The van der Waals surface area contributed by atoms with E-state index in [-0.39, 0.29) is 11.3 Å². The molecule has 118 valence electrons. The molecule has 0 heterocycles. The number of hydrogen-bond donors (Lipinski definition) is 2. The molecule has 6 nitrogen and oxygen atoms in total. The third-order valence-corrected chi connectivity index (χ3v) is 5.47. The Morgan fingerprint density at radius 2 is 2.00 bits per heavy atom. The Labute approximate surface area is 129 Å². The van der Waals surface area contributed by atoms with Gasteiger partial charge < -0.3 is 5.11 Å². The molecule has 1 aliphatic carbocycles. The average molecular weight is 322 g/mol. The number of rotatable bonds is 5. The van der Waals surface area contributed by atoms with Crippen LogP contribution < -0.4 is 4.72 Å². The minimum Gasteiger partial charge on any atom is -0.480 e. The van der Waals surface area contributed by atoms with Gasteiger partial charge in [-0.25, -0.2) is 8.42 Å². The normalized spacial score (nSPS) is 17.6. The third-order valence-electron chi connectivity index (χ3n) is 3.94. The van der Waals surface area contributed by atoms with E-state index >= 15 is 0 Å². The van der Waals surface area contributed by atoms with E-state index in [1.54, 1.807) is 12.1 Å². The van der Waals surface area contributed by atoms with Crippen molar-refractivity contribution in [2.45, 2.75) is 49.0 Å². The zero-order chi connectivity index (χ0) is 16.2. The van der Waals surface area contributed by atoms with Gasteiger partial charge in [0.05, 0.1) is 17.4 Å². The van der Waals surface area contributed by atoms with Crippen LogP contribution in [0.1, 0.15) is 37.7 Å². The fraction of sp³-hybridized carbons (Fsp3) is 0.467. The summed E-state index contributed by atoms with van der Waals surface area (Å²) in [5.74, 6) is -1.14. The summed E-state index contributed by atoms with van der Waals surface area (Å²) in [6.45, 7) is 0. The summed E-state index contributed by atoms with van der Waals surface area (Å²) < 4.78 is 27.4. The number of carboxylic acids is 1. The molecule has 0 spiro atoms. The second kappa shape index (κ2) is 6.46. The van der Waals surface area contributed by atoms with Crippen molar-refractivity contribution in [3.63, 3.8) is 0 Å². The quantitative estimate of drug-likeness (QED) is 0.859. The molecule has 0 unspecified atom stereocenters. The maximum Gasteiger partial charge on any atom is 0.324 e. The second-order valence-electron chi connectivity index (χ2n) is 5.54. The molecule has 0 bridgehead atoms. The molecule has 7 heteroatoms. The van der Waals surface area contributed by atoms with Crippen LogP contribution in [0, 0.1) is 11.3 Å². The molecular formula is C15H18N2O4S. The van der Waals surface area contributed by atoms with Gasteiger partial charge in [-0.1, -0.05) is 31.4 Å². The number of hydrogen-bond acceptors (Lipinski definition) is 4. The van der Waals surface area contributed by atoms with Crippen LogP contribution in [-0.2, 0) is 21.2 Å². The molecular weight excluding hydrogens is 304 g/mol. The highest BCUT2D eigenvalue weighted by Crippen LogP contribution is 2.30. The molecule has 1 aromatic carbocycles. The van der Waals surface area contributed by atoms with E-state index in [1.807, 2.05) is 6.07 Å². The van der Waals surface area contributed by atoms with Crippen LogP contribution in [0.3, 0.4) is 0 Å². The molecule has 0 radical (unpaired) electrons. The number of nitriles is 1. The molecule has 1 aromatic rings. The number of aliphatic carboxylic acids is 1. The van der Waals surface area contributed by atoms with E-state index in [0.29, 0.717) is 31.2 Å². The van der Waals surface area contributed by atoms with Crippen molar-refractivity contribution in [1.82, 2.24) is 4.72 Å². The van der Waals surface area contributed by atoms with E-state index in [2.05, 4.69) is 4.72 Å². The third kappa shape index (κ3) is 3.46. The van der Waals surface area contributed by atoms with Gasteiger partial charge in [-0.15, -0.1) is 0 Å². The van der Waals surface area contributed by atoms with Crippen molar-refractivity contribution in [2.75, 3.05) is 0 Å². The summed E-state index contributed by atoms with van der Waals surface area (Å²) >= 11 is 0. The number of sulfonamides is 1. The molecule has 1 saturated carbocycles. The zero-order valence-corrected chi connectivity index (χ0v) is 12.9. The predicted molar refractivity (Wildman–Crippen MR) is 79.5 cm³/mol. The second-order valence-corrected chi connectivity index (χ2v) is 7.22. The Hall–Kier alpha value is -1.91. The number of nitrogens with one attached hydrogen (secondary N) is 1. The minimum atomic E-state index is -3.94. The van der Waals surface area contributed by atoms with E-state index in [1.165, 1.54) is 12.1 Å². The number of carbonyl (C=O) groups is 1. The van der Waals surface area contributed by atoms with Crippen molar-refractivity contribution in [1.29, 1.82) is 5.26 Å². The van der Waals surface area contributed by atoms with Crippen molar-refractivity contribution >= 4 is 16.0 Å². The van der Waals surface area contributed by atoms with Gasteiger partial charge in [0, 0.05) is 0 Å². The molecule has 22 heavy (non-hydrogen) atoms. The number of carboxylic acid groups (broad SMARTS) is 1. The van der Waals surface area contributed by atoms with Gasteiger partial charge in [-0.3, -0.25) is 4.79 Å². The summed E-state index contributed by atoms with van der Waals surface area (Å²) in [7, 11) is -3.94. The largest absolute Gasteiger partial charge is 0.480 e. The smallest absolute Gasteiger partial charge is 0.324 e. The minimum absolute atomic E-state index is 0.00792. The SMILES string of the molecule is N#CCc1cccc(S(=O)(=O)NC2(C(=O)O)CCCCC2)c1. The standard InChI is InChI=1S/C15H18N2O4S/c16-10-7-12-5-4-6-13(11-12)22(20,21)17-15(14(18)19)8-2-1-3-9-15/h4-6,11,17H,1-3,7-9H2,(H,18,19). The summed E-state index contributed by atoms with van der Waals surface area (Å²) in [6, 6.07) is 7.99. The topological polar surface area (TPSA) is 107 Å². The van der Waals surface area contributed by atoms with Crippen LogP contribution in [-0.4, -0.2) is 25.0 Å². The van der Waals surface area contributed by atoms with Crippen LogP contribution in [0.15, 0.2) is 29.2 Å². The van der Waals surface area contributed by atoms with Gasteiger partial charge in [-0.05, 0) is 30.5 Å². The van der Waals surface area contributed by atoms with Crippen molar-refractivity contribution in [2.24, 2.45) is 0 Å².